The summed E-state index contributed by atoms with van der Waals surface area (Å²) in [5, 5.41) is 3.44. The molecule has 30 heavy (non-hydrogen) atoms. The summed E-state index contributed by atoms with van der Waals surface area (Å²) in [5.41, 5.74) is 6.36. The normalized spacial score (nSPS) is 18.7. The van der Waals surface area contributed by atoms with Gasteiger partial charge in [0.05, 0.1) is 5.39 Å². The minimum Gasteiger partial charge on any atom is -0.383 e. The van der Waals surface area contributed by atoms with Gasteiger partial charge in [0.25, 0.3) is 0 Å². The number of hydrogen-bond donors (Lipinski definition) is 2. The second-order valence-electron chi connectivity index (χ2n) is 7.30. The van der Waals surface area contributed by atoms with Gasteiger partial charge in [0.2, 0.25) is 17.1 Å². The number of pyridine rings is 1. The Morgan fingerprint density at radius 3 is 2.87 bits per heavy atom. The van der Waals surface area contributed by atoms with Gasteiger partial charge < -0.3 is 20.5 Å². The Balaban J connectivity index is 1.53. The maximum absolute atomic E-state index is 13.1. The highest BCUT2D eigenvalue weighted by Crippen LogP contribution is 2.26. The molecule has 4 heterocycles. The highest BCUT2D eigenvalue weighted by atomic mass is 79.9. The van der Waals surface area contributed by atoms with Crippen LogP contribution in [0.2, 0.25) is 5.28 Å². The first-order valence-electron chi connectivity index (χ1n) is 9.32. The van der Waals surface area contributed by atoms with Crippen LogP contribution in [0.1, 0.15) is 13.3 Å². The summed E-state index contributed by atoms with van der Waals surface area (Å²) in [6, 6.07) is 6.42. The molecule has 0 saturated carbocycles. The standard InChI is InChI=1S/C19H19BrClN7O2/c1-10-7-12(18(30)24-14-4-2-3-13(20)23-14)28(8-10)15(29)9-27-6-5-11-16(22)25-19(21)26-17(11)27/h2-6,10,12H,7-9H2,1H3,(H2,22,25,26)(H,23,24,30)/t10-,12+/m1/s1. The maximum atomic E-state index is 13.1. The summed E-state index contributed by atoms with van der Waals surface area (Å²) in [6.45, 7) is 2.53. The van der Waals surface area contributed by atoms with Crippen LogP contribution in [0.4, 0.5) is 11.6 Å². The van der Waals surface area contributed by atoms with Gasteiger partial charge in [-0.1, -0.05) is 13.0 Å². The number of nitrogens with one attached hydrogen (secondary N) is 1. The first-order valence-corrected chi connectivity index (χ1v) is 10.5. The van der Waals surface area contributed by atoms with Crippen molar-refractivity contribution in [3.63, 3.8) is 0 Å². The fraction of sp³-hybridized carbons (Fsp3) is 0.316. The lowest BCUT2D eigenvalue weighted by molar-refractivity contribution is -0.137. The van der Waals surface area contributed by atoms with E-state index >= 15 is 0 Å². The molecule has 0 radical (unpaired) electrons. The van der Waals surface area contributed by atoms with Crippen molar-refractivity contribution in [1.29, 1.82) is 0 Å². The number of aromatic nitrogens is 4. The summed E-state index contributed by atoms with van der Waals surface area (Å²) < 4.78 is 2.28. The molecule has 11 heteroatoms. The van der Waals surface area contributed by atoms with E-state index in [-0.39, 0.29) is 35.4 Å². The molecule has 0 spiro atoms. The third kappa shape index (κ3) is 4.10. The zero-order chi connectivity index (χ0) is 21.4. The van der Waals surface area contributed by atoms with Crippen LogP contribution in [0.15, 0.2) is 35.1 Å². The van der Waals surface area contributed by atoms with Gasteiger partial charge >= 0.3 is 0 Å². The van der Waals surface area contributed by atoms with E-state index in [9.17, 15) is 9.59 Å². The summed E-state index contributed by atoms with van der Waals surface area (Å²) in [6.07, 6.45) is 2.29. The molecule has 1 saturated heterocycles. The lowest BCUT2D eigenvalue weighted by Crippen LogP contribution is -2.44. The van der Waals surface area contributed by atoms with Crippen LogP contribution in [0.5, 0.6) is 0 Å². The Hall–Kier alpha value is -2.72. The predicted octanol–water partition coefficient (Wildman–Crippen LogP) is 2.70. The van der Waals surface area contributed by atoms with E-state index in [0.717, 1.165) is 0 Å². The van der Waals surface area contributed by atoms with E-state index in [1.807, 2.05) is 6.92 Å². The number of halogens is 2. The molecule has 156 valence electrons. The molecule has 0 aromatic carbocycles. The Morgan fingerprint density at radius 2 is 2.10 bits per heavy atom. The van der Waals surface area contributed by atoms with Crippen molar-refractivity contribution in [3.8, 4) is 0 Å². The highest BCUT2D eigenvalue weighted by molar-refractivity contribution is 9.10. The quantitative estimate of drug-likeness (QED) is 0.427. The lowest BCUT2D eigenvalue weighted by atomic mass is 10.1. The zero-order valence-electron chi connectivity index (χ0n) is 16.0. The first kappa shape index (κ1) is 20.5. The largest absolute Gasteiger partial charge is 0.383 e. The number of nitrogens with zero attached hydrogens (tertiary/aromatic N) is 5. The number of likely N-dealkylation sites (tertiary alicyclic amines) is 1. The van der Waals surface area contributed by atoms with Crippen molar-refractivity contribution in [2.45, 2.75) is 25.9 Å². The van der Waals surface area contributed by atoms with Crippen LogP contribution < -0.4 is 11.1 Å². The zero-order valence-corrected chi connectivity index (χ0v) is 18.4. The molecular formula is C19H19BrClN7O2. The van der Waals surface area contributed by atoms with Crippen LogP contribution in [-0.2, 0) is 16.1 Å². The third-order valence-corrected chi connectivity index (χ3v) is 5.64. The van der Waals surface area contributed by atoms with E-state index in [2.05, 4.69) is 36.2 Å². The average Bonchev–Trinajstić information content (AvgIpc) is 3.26. The molecule has 2 amide bonds. The van der Waals surface area contributed by atoms with Crippen LogP contribution in [0.3, 0.4) is 0 Å². The molecule has 0 aliphatic carbocycles. The number of carbonyl (C=O) groups excluding carboxylic acids is 2. The van der Waals surface area contributed by atoms with Crippen LogP contribution in [0.25, 0.3) is 11.0 Å². The molecule has 0 unspecified atom stereocenters. The van der Waals surface area contributed by atoms with E-state index in [1.54, 1.807) is 39.9 Å². The Labute approximate surface area is 185 Å². The van der Waals surface area contributed by atoms with Crippen molar-refractivity contribution >= 4 is 62.0 Å². The number of rotatable bonds is 4. The van der Waals surface area contributed by atoms with E-state index in [0.29, 0.717) is 34.4 Å². The van der Waals surface area contributed by atoms with Gasteiger partial charge in [0, 0.05) is 12.7 Å². The van der Waals surface area contributed by atoms with Gasteiger partial charge in [0.1, 0.15) is 34.5 Å². The summed E-state index contributed by atoms with van der Waals surface area (Å²) in [7, 11) is 0. The van der Waals surface area contributed by atoms with E-state index in [4.69, 9.17) is 17.3 Å². The molecule has 1 aliphatic heterocycles. The van der Waals surface area contributed by atoms with E-state index in [1.165, 1.54) is 0 Å². The number of anilines is 2. The predicted molar refractivity (Wildman–Crippen MR) is 117 cm³/mol. The van der Waals surface area contributed by atoms with Gasteiger partial charge in [-0.15, -0.1) is 0 Å². The van der Waals surface area contributed by atoms with E-state index < -0.39 is 6.04 Å². The first-order chi connectivity index (χ1) is 14.3. The molecule has 3 aromatic heterocycles. The number of fused-ring (bicyclic) bond motifs is 1. The topological polar surface area (TPSA) is 119 Å². The third-order valence-electron chi connectivity index (χ3n) is 5.03. The maximum Gasteiger partial charge on any atom is 0.248 e. The second kappa shape index (κ2) is 8.19. The fourth-order valence-corrected chi connectivity index (χ4v) is 4.20. The molecule has 9 nitrogen and oxygen atoms in total. The van der Waals surface area contributed by atoms with Crippen molar-refractivity contribution in [3.05, 3.63) is 40.3 Å². The Bertz CT molecular complexity index is 1140. The molecule has 2 atom stereocenters. The minimum absolute atomic E-state index is 0.0148. The number of nitrogen functional groups attached to an aromatic ring is 1. The Kier molecular flexibility index (Phi) is 5.61. The summed E-state index contributed by atoms with van der Waals surface area (Å²) in [5.74, 6) is 0.441. The molecule has 1 fully saturated rings. The van der Waals surface area contributed by atoms with Gasteiger partial charge in [-0.05, 0) is 58.1 Å². The molecule has 4 rings (SSSR count). The monoisotopic (exact) mass is 491 g/mol. The number of nitrogens with two attached hydrogens (primary N) is 1. The van der Waals surface area contributed by atoms with Crippen molar-refractivity contribution in [2.24, 2.45) is 5.92 Å². The summed E-state index contributed by atoms with van der Waals surface area (Å²) in [4.78, 5) is 39.9. The van der Waals surface area contributed by atoms with Crippen molar-refractivity contribution in [1.82, 2.24) is 24.4 Å². The molecule has 3 aromatic rings. The Morgan fingerprint density at radius 1 is 1.30 bits per heavy atom. The molecule has 3 N–H and O–H groups in total. The summed E-state index contributed by atoms with van der Waals surface area (Å²) >= 11 is 9.20. The average molecular weight is 493 g/mol. The van der Waals surface area contributed by atoms with Crippen molar-refractivity contribution in [2.75, 3.05) is 17.6 Å². The fourth-order valence-electron chi connectivity index (χ4n) is 3.68. The molecule has 1 aliphatic rings. The smallest absolute Gasteiger partial charge is 0.248 e. The minimum atomic E-state index is -0.571. The van der Waals surface area contributed by atoms with Gasteiger partial charge in [-0.25, -0.2) is 9.97 Å². The molecular weight excluding hydrogens is 474 g/mol. The van der Waals surface area contributed by atoms with Crippen LogP contribution >= 0.6 is 27.5 Å². The number of carbonyl (C=O) groups is 2. The number of hydrogen-bond acceptors (Lipinski definition) is 6. The van der Waals surface area contributed by atoms with Crippen LogP contribution in [-0.4, -0.2) is 48.8 Å². The van der Waals surface area contributed by atoms with Gasteiger partial charge in [0.15, 0.2) is 0 Å². The number of amides is 2. The van der Waals surface area contributed by atoms with Crippen LogP contribution in [0, 0.1) is 5.92 Å². The van der Waals surface area contributed by atoms with Crippen molar-refractivity contribution < 1.29 is 9.59 Å². The lowest BCUT2D eigenvalue weighted by Gasteiger charge is -2.24. The second-order valence-corrected chi connectivity index (χ2v) is 8.45. The van der Waals surface area contributed by atoms with Gasteiger partial charge in [-0.2, -0.15) is 4.98 Å². The SMILES string of the molecule is C[C@@H]1C[C@@H](C(=O)Nc2cccc(Br)n2)N(C(=O)Cn2ccc3c(N)nc(Cl)nc32)C1. The molecule has 0 bridgehead atoms. The van der Waals surface area contributed by atoms with Gasteiger partial charge in [-0.3, -0.25) is 9.59 Å². The highest BCUT2D eigenvalue weighted by Gasteiger charge is 2.38.